The van der Waals surface area contributed by atoms with Crippen molar-refractivity contribution in [2.45, 2.75) is 24.7 Å². The van der Waals surface area contributed by atoms with Gasteiger partial charge in [0.2, 0.25) is 0 Å². The van der Waals surface area contributed by atoms with E-state index in [2.05, 4.69) is 0 Å². The van der Waals surface area contributed by atoms with Gasteiger partial charge in [-0.1, -0.05) is 34.8 Å². The second kappa shape index (κ2) is 9.13. The molecule has 0 saturated carbocycles. The number of anilines is 1. The summed E-state index contributed by atoms with van der Waals surface area (Å²) >= 11 is 18.1. The molecule has 0 aliphatic rings. The number of hydrogen-bond donors (Lipinski definition) is 1. The number of benzene rings is 2. The van der Waals surface area contributed by atoms with Gasteiger partial charge >= 0.3 is 5.97 Å². The molecule has 150 valence electrons. The number of aliphatic carboxylic acids is 1. The molecule has 6 nitrogen and oxygen atoms in total. The van der Waals surface area contributed by atoms with Gasteiger partial charge in [-0.05, 0) is 43.3 Å². The first-order valence-electron chi connectivity index (χ1n) is 8.10. The molecule has 0 fully saturated rings. The smallest absolute Gasteiger partial charge is 0.303 e. The molecule has 1 N–H and O–H groups in total. The number of ketones is 1. The Kier molecular flexibility index (Phi) is 7.33. The van der Waals surface area contributed by atoms with Crippen LogP contribution in [0.15, 0.2) is 41.3 Å². The molecule has 0 spiro atoms. The minimum absolute atomic E-state index is 0.0528. The third-order valence-electron chi connectivity index (χ3n) is 3.85. The zero-order valence-electron chi connectivity index (χ0n) is 14.7. The highest BCUT2D eigenvalue weighted by Gasteiger charge is 2.28. The van der Waals surface area contributed by atoms with Gasteiger partial charge in [0, 0.05) is 23.6 Å². The average molecular weight is 465 g/mol. The van der Waals surface area contributed by atoms with Crippen molar-refractivity contribution in [2.24, 2.45) is 0 Å². The highest BCUT2D eigenvalue weighted by molar-refractivity contribution is 7.93. The van der Waals surface area contributed by atoms with Gasteiger partial charge in [0.25, 0.3) is 10.0 Å². The van der Waals surface area contributed by atoms with Gasteiger partial charge in [0.1, 0.15) is 4.90 Å². The van der Waals surface area contributed by atoms with Crippen LogP contribution in [0.2, 0.25) is 15.1 Å². The Morgan fingerprint density at radius 3 is 2.25 bits per heavy atom. The van der Waals surface area contributed by atoms with Crippen molar-refractivity contribution in [2.75, 3.05) is 10.8 Å². The largest absolute Gasteiger partial charge is 0.481 e. The molecule has 0 aromatic heterocycles. The summed E-state index contributed by atoms with van der Waals surface area (Å²) in [6.07, 6.45) is -0.609. The molecule has 2 aromatic carbocycles. The number of Topliss-reactive ketones (excluding diaryl/α,β-unsaturated/α-hetero) is 1. The van der Waals surface area contributed by atoms with Crippen LogP contribution < -0.4 is 4.31 Å². The van der Waals surface area contributed by atoms with Crippen LogP contribution in [-0.4, -0.2) is 31.8 Å². The first kappa shape index (κ1) is 22.5. The second-order valence-electron chi connectivity index (χ2n) is 5.73. The van der Waals surface area contributed by atoms with E-state index in [9.17, 15) is 18.0 Å². The number of hydrogen-bond acceptors (Lipinski definition) is 4. The van der Waals surface area contributed by atoms with E-state index >= 15 is 0 Å². The van der Waals surface area contributed by atoms with Gasteiger partial charge < -0.3 is 5.11 Å². The highest BCUT2D eigenvalue weighted by atomic mass is 35.5. The van der Waals surface area contributed by atoms with Crippen molar-refractivity contribution in [1.29, 1.82) is 0 Å². The molecule has 0 heterocycles. The zero-order valence-corrected chi connectivity index (χ0v) is 17.7. The van der Waals surface area contributed by atoms with Crippen molar-refractivity contribution < 1.29 is 23.1 Å². The quantitative estimate of drug-likeness (QED) is 0.560. The fourth-order valence-electron chi connectivity index (χ4n) is 2.51. The summed E-state index contributed by atoms with van der Waals surface area (Å²) in [6, 6.07) is 8.20. The second-order valence-corrected chi connectivity index (χ2v) is 8.81. The number of carbonyl (C=O) groups is 2. The molecule has 28 heavy (non-hydrogen) atoms. The lowest BCUT2D eigenvalue weighted by molar-refractivity contribution is -0.136. The molecule has 0 saturated heterocycles. The lowest BCUT2D eigenvalue weighted by Gasteiger charge is -2.24. The monoisotopic (exact) mass is 463 g/mol. The first-order chi connectivity index (χ1) is 13.1. The third kappa shape index (κ3) is 4.97. The van der Waals surface area contributed by atoms with Crippen LogP contribution in [-0.2, 0) is 14.8 Å². The van der Waals surface area contributed by atoms with E-state index in [0.717, 1.165) is 10.4 Å². The van der Waals surface area contributed by atoms with Gasteiger partial charge in [0.15, 0.2) is 5.78 Å². The summed E-state index contributed by atoms with van der Waals surface area (Å²) in [5.41, 5.74) is 0.273. The van der Waals surface area contributed by atoms with E-state index in [4.69, 9.17) is 39.9 Å². The molecule has 0 aliphatic heterocycles. The van der Waals surface area contributed by atoms with E-state index in [1.165, 1.54) is 30.3 Å². The minimum atomic E-state index is -4.15. The number of sulfonamides is 1. The zero-order chi connectivity index (χ0) is 21.1. The van der Waals surface area contributed by atoms with Gasteiger partial charge in [-0.2, -0.15) is 0 Å². The lowest BCUT2D eigenvalue weighted by atomic mass is 10.1. The average Bonchev–Trinajstić information content (AvgIpc) is 2.62. The van der Waals surface area contributed by atoms with Crippen molar-refractivity contribution in [1.82, 2.24) is 0 Å². The predicted octanol–water partition coefficient (Wildman–Crippen LogP) is 4.91. The number of carboxylic acids is 1. The molecule has 2 aromatic rings. The van der Waals surface area contributed by atoms with Crippen LogP contribution in [0.25, 0.3) is 0 Å². The van der Waals surface area contributed by atoms with Gasteiger partial charge in [-0.15, -0.1) is 0 Å². The fourth-order valence-corrected chi connectivity index (χ4v) is 5.07. The number of nitrogens with zero attached hydrogens (tertiary/aromatic N) is 1. The van der Waals surface area contributed by atoms with Crippen LogP contribution >= 0.6 is 34.8 Å². The van der Waals surface area contributed by atoms with E-state index in [1.54, 1.807) is 6.92 Å². The molecule has 0 atom stereocenters. The summed E-state index contributed by atoms with van der Waals surface area (Å²) in [6.45, 7) is 1.68. The van der Waals surface area contributed by atoms with E-state index in [0.29, 0.717) is 5.02 Å². The maximum atomic E-state index is 13.2. The van der Waals surface area contributed by atoms with Crippen molar-refractivity contribution in [3.63, 3.8) is 0 Å². The summed E-state index contributed by atoms with van der Waals surface area (Å²) in [5.74, 6) is -1.62. The Hall–Kier alpha value is -1.80. The van der Waals surface area contributed by atoms with Crippen LogP contribution in [0.4, 0.5) is 5.69 Å². The van der Waals surface area contributed by atoms with E-state index < -0.39 is 21.8 Å². The van der Waals surface area contributed by atoms with Gasteiger partial charge in [-0.25, -0.2) is 8.42 Å². The molecular formula is C18H16Cl3NO5S. The summed E-state index contributed by atoms with van der Waals surface area (Å²) < 4.78 is 27.5. The van der Waals surface area contributed by atoms with E-state index in [-0.39, 0.29) is 45.6 Å². The highest BCUT2D eigenvalue weighted by Crippen LogP contribution is 2.34. The SMILES string of the molecule is CCN(c1ccc(Cl)cc1Cl)S(=O)(=O)c1cc(C(=O)CCC(=O)O)ccc1Cl. The van der Waals surface area contributed by atoms with Crippen molar-refractivity contribution >= 4 is 62.3 Å². The number of carbonyl (C=O) groups excluding carboxylic acids is 1. The molecule has 10 heteroatoms. The molecule has 0 aliphatic carbocycles. The van der Waals surface area contributed by atoms with Gasteiger partial charge in [0.05, 0.1) is 22.2 Å². The first-order valence-corrected chi connectivity index (χ1v) is 10.7. The van der Waals surface area contributed by atoms with Crippen LogP contribution in [0.1, 0.15) is 30.1 Å². The lowest BCUT2D eigenvalue weighted by Crippen LogP contribution is -2.31. The Morgan fingerprint density at radius 2 is 1.68 bits per heavy atom. The molecule has 0 radical (unpaired) electrons. The summed E-state index contributed by atoms with van der Waals surface area (Å²) in [4.78, 5) is 22.6. The van der Waals surface area contributed by atoms with Crippen LogP contribution in [0.5, 0.6) is 0 Å². The summed E-state index contributed by atoms with van der Waals surface area (Å²) in [5, 5.41) is 9.14. The van der Waals surface area contributed by atoms with Crippen LogP contribution in [0, 0.1) is 0 Å². The van der Waals surface area contributed by atoms with Crippen molar-refractivity contribution in [3.8, 4) is 0 Å². The maximum absolute atomic E-state index is 13.2. The standard InChI is InChI=1S/C18H16Cl3NO5S/c1-2-22(15-6-4-12(19)10-14(15)21)28(26,27)17-9-11(3-5-13(17)20)16(23)7-8-18(24)25/h3-6,9-10H,2,7-8H2,1H3,(H,24,25). The number of halogens is 3. The fraction of sp³-hybridized carbons (Fsp3) is 0.222. The number of rotatable bonds is 8. The molecule has 0 bridgehead atoms. The molecular weight excluding hydrogens is 449 g/mol. The van der Waals surface area contributed by atoms with Crippen molar-refractivity contribution in [3.05, 3.63) is 57.0 Å². The number of carboxylic acid groups (broad SMARTS) is 1. The maximum Gasteiger partial charge on any atom is 0.303 e. The molecule has 0 amide bonds. The van der Waals surface area contributed by atoms with E-state index in [1.807, 2.05) is 0 Å². The Labute approximate surface area is 177 Å². The van der Waals surface area contributed by atoms with Crippen LogP contribution in [0.3, 0.4) is 0 Å². The predicted molar refractivity (Wildman–Crippen MR) is 109 cm³/mol. The molecule has 2 rings (SSSR count). The normalized spacial score (nSPS) is 11.3. The Morgan fingerprint density at radius 1 is 1.00 bits per heavy atom. The Bertz CT molecular complexity index is 1020. The molecule has 0 unspecified atom stereocenters. The van der Waals surface area contributed by atoms with Gasteiger partial charge in [-0.3, -0.25) is 13.9 Å². The minimum Gasteiger partial charge on any atom is -0.481 e. The summed E-state index contributed by atoms with van der Waals surface area (Å²) in [7, 11) is -4.15. The Balaban J connectivity index is 2.49. The topological polar surface area (TPSA) is 91.8 Å². The third-order valence-corrected chi connectivity index (χ3v) is 6.76.